The lowest BCUT2D eigenvalue weighted by Gasteiger charge is -2.66. The molecule has 0 aromatic carbocycles. The molecule has 3 heteroatoms. The van der Waals surface area contributed by atoms with E-state index in [0.29, 0.717) is 29.5 Å². The van der Waals surface area contributed by atoms with E-state index in [1.807, 2.05) is 0 Å². The highest BCUT2D eigenvalue weighted by Gasteiger charge is 2.68. The van der Waals surface area contributed by atoms with Gasteiger partial charge in [-0.05, 0) is 91.3 Å². The minimum Gasteiger partial charge on any atom is -0.396 e. The summed E-state index contributed by atoms with van der Waals surface area (Å²) in [6, 6.07) is 0. The van der Waals surface area contributed by atoms with Crippen molar-refractivity contribution >= 4 is 5.78 Å². The van der Waals surface area contributed by atoms with E-state index in [1.54, 1.807) is 0 Å². The standard InChI is InChI=1S/C25H42O3/c1-6-17-22(28)21-19-8-7-18(15(2)14-26)23(19,3)11-10-20(21)24(4)12-9-16(27)13-25(17,24)5/h15-21,26-27H,6-14H2,1-5H3/t15-,16-,17+,18-,19?,20?,21?,23-,24-,25+/m1/s1. The van der Waals surface area contributed by atoms with E-state index in [2.05, 4.69) is 34.6 Å². The molecule has 4 saturated carbocycles. The molecule has 0 saturated heterocycles. The molecule has 4 aliphatic rings. The zero-order chi connectivity index (χ0) is 20.5. The van der Waals surface area contributed by atoms with Crippen LogP contribution in [0.5, 0.6) is 0 Å². The van der Waals surface area contributed by atoms with E-state index in [1.165, 1.54) is 12.8 Å². The Bertz CT molecular complexity index is 631. The fourth-order valence-corrected chi connectivity index (χ4v) is 9.28. The van der Waals surface area contributed by atoms with Crippen molar-refractivity contribution in [2.24, 2.45) is 51.8 Å². The highest BCUT2D eigenvalue weighted by molar-refractivity contribution is 5.86. The first-order valence-electron chi connectivity index (χ1n) is 12.0. The van der Waals surface area contributed by atoms with Crippen LogP contribution in [0.25, 0.3) is 0 Å². The molecular weight excluding hydrogens is 348 g/mol. The van der Waals surface area contributed by atoms with E-state index >= 15 is 0 Å². The molecule has 0 bridgehead atoms. The van der Waals surface area contributed by atoms with E-state index in [4.69, 9.17) is 0 Å². The first-order valence-corrected chi connectivity index (χ1v) is 12.0. The Hall–Kier alpha value is -0.410. The molecule has 4 rings (SSSR count). The van der Waals surface area contributed by atoms with Crippen LogP contribution in [-0.2, 0) is 4.79 Å². The summed E-state index contributed by atoms with van der Waals surface area (Å²) >= 11 is 0. The summed E-state index contributed by atoms with van der Waals surface area (Å²) in [5.74, 6) is 2.65. The quantitative estimate of drug-likeness (QED) is 0.725. The molecule has 0 aromatic heterocycles. The summed E-state index contributed by atoms with van der Waals surface area (Å²) < 4.78 is 0. The number of aliphatic hydroxyl groups excluding tert-OH is 2. The minimum atomic E-state index is -0.244. The Morgan fingerprint density at radius 2 is 1.75 bits per heavy atom. The van der Waals surface area contributed by atoms with Gasteiger partial charge in [0.15, 0.2) is 0 Å². The van der Waals surface area contributed by atoms with Crippen LogP contribution in [0.1, 0.15) is 86.0 Å². The Labute approximate surface area is 171 Å². The molecule has 0 heterocycles. The molecular formula is C25H42O3. The van der Waals surface area contributed by atoms with Gasteiger partial charge in [-0.25, -0.2) is 0 Å². The second-order valence-electron chi connectivity index (χ2n) is 11.7. The van der Waals surface area contributed by atoms with Crippen molar-refractivity contribution in [3.8, 4) is 0 Å². The van der Waals surface area contributed by atoms with Crippen LogP contribution in [0, 0.1) is 51.8 Å². The molecule has 4 aliphatic carbocycles. The van der Waals surface area contributed by atoms with Gasteiger partial charge < -0.3 is 10.2 Å². The summed E-state index contributed by atoms with van der Waals surface area (Å²) in [4.78, 5) is 14.0. The third kappa shape index (κ3) is 2.51. The number of hydrogen-bond donors (Lipinski definition) is 2. The van der Waals surface area contributed by atoms with Crippen LogP contribution in [0.4, 0.5) is 0 Å². The summed E-state index contributed by atoms with van der Waals surface area (Å²) in [7, 11) is 0. The summed E-state index contributed by atoms with van der Waals surface area (Å²) in [6.45, 7) is 11.9. The predicted octanol–water partition coefficient (Wildman–Crippen LogP) is 4.84. The van der Waals surface area contributed by atoms with Crippen LogP contribution in [0.15, 0.2) is 0 Å². The van der Waals surface area contributed by atoms with Gasteiger partial charge in [-0.3, -0.25) is 4.79 Å². The molecule has 4 fully saturated rings. The van der Waals surface area contributed by atoms with Gasteiger partial charge >= 0.3 is 0 Å². The average Bonchev–Trinajstić information content (AvgIpc) is 3.00. The topological polar surface area (TPSA) is 57.5 Å². The van der Waals surface area contributed by atoms with Gasteiger partial charge in [-0.15, -0.1) is 0 Å². The maximum absolute atomic E-state index is 14.0. The van der Waals surface area contributed by atoms with Crippen molar-refractivity contribution in [1.29, 1.82) is 0 Å². The van der Waals surface area contributed by atoms with Crippen molar-refractivity contribution in [2.45, 2.75) is 92.1 Å². The van der Waals surface area contributed by atoms with Crippen molar-refractivity contribution in [2.75, 3.05) is 6.61 Å². The molecule has 0 aliphatic heterocycles. The molecule has 0 aromatic rings. The predicted molar refractivity (Wildman–Crippen MR) is 112 cm³/mol. The third-order valence-electron chi connectivity index (χ3n) is 10.9. The molecule has 3 nitrogen and oxygen atoms in total. The van der Waals surface area contributed by atoms with Crippen LogP contribution in [0.2, 0.25) is 0 Å². The molecule has 10 atom stereocenters. The summed E-state index contributed by atoms with van der Waals surface area (Å²) in [5.41, 5.74) is 0.296. The zero-order valence-corrected chi connectivity index (χ0v) is 18.7. The lowest BCUT2D eigenvalue weighted by Crippen LogP contribution is -2.65. The summed E-state index contributed by atoms with van der Waals surface area (Å²) in [6.07, 6.45) is 8.09. The number of fused-ring (bicyclic) bond motifs is 5. The van der Waals surface area contributed by atoms with E-state index in [0.717, 1.165) is 38.5 Å². The van der Waals surface area contributed by atoms with Crippen LogP contribution < -0.4 is 0 Å². The molecule has 160 valence electrons. The molecule has 28 heavy (non-hydrogen) atoms. The lowest BCUT2D eigenvalue weighted by atomic mass is 9.37. The monoisotopic (exact) mass is 390 g/mol. The summed E-state index contributed by atoms with van der Waals surface area (Å²) in [5, 5.41) is 20.3. The number of ketones is 1. The van der Waals surface area contributed by atoms with Crippen molar-refractivity contribution < 1.29 is 15.0 Å². The van der Waals surface area contributed by atoms with Gasteiger partial charge in [0.25, 0.3) is 0 Å². The Morgan fingerprint density at radius 1 is 1.04 bits per heavy atom. The second-order valence-corrected chi connectivity index (χ2v) is 11.7. The number of hydrogen-bond acceptors (Lipinski definition) is 3. The Morgan fingerprint density at radius 3 is 2.39 bits per heavy atom. The molecule has 2 N–H and O–H groups in total. The smallest absolute Gasteiger partial charge is 0.140 e. The van der Waals surface area contributed by atoms with Crippen molar-refractivity contribution in [3.05, 3.63) is 0 Å². The van der Waals surface area contributed by atoms with Crippen LogP contribution >= 0.6 is 0 Å². The largest absolute Gasteiger partial charge is 0.396 e. The van der Waals surface area contributed by atoms with Crippen molar-refractivity contribution in [1.82, 2.24) is 0 Å². The minimum absolute atomic E-state index is 0.0677. The average molecular weight is 391 g/mol. The first-order chi connectivity index (χ1) is 13.1. The number of aliphatic hydroxyl groups is 2. The lowest BCUT2D eigenvalue weighted by molar-refractivity contribution is -0.199. The Kier molecular flexibility index (Phi) is 5.07. The van der Waals surface area contributed by atoms with E-state index < -0.39 is 0 Å². The maximum atomic E-state index is 14.0. The molecule has 3 unspecified atom stereocenters. The van der Waals surface area contributed by atoms with Crippen LogP contribution in [0.3, 0.4) is 0 Å². The van der Waals surface area contributed by atoms with Crippen molar-refractivity contribution in [3.63, 3.8) is 0 Å². The van der Waals surface area contributed by atoms with Crippen LogP contribution in [-0.4, -0.2) is 28.7 Å². The maximum Gasteiger partial charge on any atom is 0.140 e. The fraction of sp³-hybridized carbons (Fsp3) is 0.960. The van der Waals surface area contributed by atoms with E-state index in [9.17, 15) is 15.0 Å². The Balaban J connectivity index is 1.75. The van der Waals surface area contributed by atoms with Gasteiger partial charge in [-0.2, -0.15) is 0 Å². The zero-order valence-electron chi connectivity index (χ0n) is 18.7. The number of carbonyl (C=O) groups is 1. The normalized spacial score (nSPS) is 54.6. The van der Waals surface area contributed by atoms with Gasteiger partial charge in [0.2, 0.25) is 0 Å². The number of carbonyl (C=O) groups excluding carboxylic acids is 1. The highest BCUT2D eigenvalue weighted by atomic mass is 16.3. The number of rotatable bonds is 3. The highest BCUT2D eigenvalue weighted by Crippen LogP contribution is 2.71. The van der Waals surface area contributed by atoms with Gasteiger partial charge in [0.05, 0.1) is 6.10 Å². The van der Waals surface area contributed by atoms with Gasteiger partial charge in [0, 0.05) is 18.4 Å². The second kappa shape index (κ2) is 6.80. The number of Topliss-reactive ketones (excluding diaryl/α,β-unsaturated/α-hetero) is 1. The van der Waals surface area contributed by atoms with Gasteiger partial charge in [0.1, 0.15) is 5.78 Å². The van der Waals surface area contributed by atoms with E-state index in [-0.39, 0.29) is 40.8 Å². The third-order valence-corrected chi connectivity index (χ3v) is 10.9. The molecule has 0 radical (unpaired) electrons. The SMILES string of the molecule is CC[C@H]1C(=O)C2C3CC[C@H]([C@H](C)CO)[C@@]3(C)CCC2[C@@]2(C)CC[C@@H](O)C[C@@]12C. The van der Waals surface area contributed by atoms with Gasteiger partial charge in [-0.1, -0.05) is 34.6 Å². The first kappa shape index (κ1) is 20.8. The fourth-order valence-electron chi connectivity index (χ4n) is 9.28. The molecule has 0 spiro atoms. The molecule has 0 amide bonds.